The van der Waals surface area contributed by atoms with Crippen molar-refractivity contribution >= 4 is 17.5 Å². The van der Waals surface area contributed by atoms with E-state index in [-0.39, 0.29) is 23.4 Å². The number of aromatic nitrogens is 1. The fraction of sp³-hybridized carbons (Fsp3) is 0.278. The summed E-state index contributed by atoms with van der Waals surface area (Å²) in [6, 6.07) is 10.3. The van der Waals surface area contributed by atoms with Crippen molar-refractivity contribution in [3.63, 3.8) is 0 Å². The van der Waals surface area contributed by atoms with Gasteiger partial charge in [-0.2, -0.15) is 0 Å². The minimum absolute atomic E-state index is 0.00442. The Hall–Kier alpha value is -2.89. The molecule has 6 nitrogen and oxygen atoms in total. The van der Waals surface area contributed by atoms with Gasteiger partial charge < -0.3 is 15.3 Å². The summed E-state index contributed by atoms with van der Waals surface area (Å²) in [4.78, 5) is 29.8. The third kappa shape index (κ3) is 3.22. The Kier molecular flexibility index (Phi) is 4.46. The van der Waals surface area contributed by atoms with E-state index in [0.717, 1.165) is 24.2 Å². The predicted molar refractivity (Wildman–Crippen MR) is 89.8 cm³/mol. The van der Waals surface area contributed by atoms with Crippen LogP contribution >= 0.6 is 0 Å². The van der Waals surface area contributed by atoms with E-state index in [9.17, 15) is 14.7 Å². The van der Waals surface area contributed by atoms with E-state index in [1.54, 1.807) is 11.0 Å². The predicted octanol–water partition coefficient (Wildman–Crippen LogP) is 2.41. The zero-order chi connectivity index (χ0) is 17.1. The van der Waals surface area contributed by atoms with Crippen molar-refractivity contribution in [2.45, 2.75) is 25.8 Å². The minimum atomic E-state index is -0.441. The second-order valence-electron chi connectivity index (χ2n) is 5.81. The zero-order valence-electron chi connectivity index (χ0n) is 13.4. The highest BCUT2D eigenvalue weighted by atomic mass is 16.3. The highest BCUT2D eigenvalue weighted by molar-refractivity contribution is 5.96. The summed E-state index contributed by atoms with van der Waals surface area (Å²) >= 11 is 0. The first-order chi connectivity index (χ1) is 11.6. The Balaban J connectivity index is 1.75. The Morgan fingerprint density at radius 3 is 2.88 bits per heavy atom. The molecule has 2 aromatic rings. The summed E-state index contributed by atoms with van der Waals surface area (Å²) in [5, 5.41) is 12.5. The van der Waals surface area contributed by atoms with E-state index < -0.39 is 5.91 Å². The van der Waals surface area contributed by atoms with Gasteiger partial charge in [0.2, 0.25) is 5.91 Å². The molecule has 0 saturated carbocycles. The molecule has 2 heterocycles. The van der Waals surface area contributed by atoms with Crippen LogP contribution in [0.15, 0.2) is 42.6 Å². The summed E-state index contributed by atoms with van der Waals surface area (Å²) in [6.45, 7) is 2.58. The number of hydrogen-bond donors (Lipinski definition) is 2. The van der Waals surface area contributed by atoms with Gasteiger partial charge in [-0.05, 0) is 43.2 Å². The molecule has 124 valence electrons. The van der Waals surface area contributed by atoms with Crippen LogP contribution in [-0.2, 0) is 4.79 Å². The number of carbonyl (C=O) groups is 2. The van der Waals surface area contributed by atoms with Gasteiger partial charge in [0.05, 0.1) is 6.04 Å². The van der Waals surface area contributed by atoms with Gasteiger partial charge in [0, 0.05) is 24.8 Å². The lowest BCUT2D eigenvalue weighted by Crippen LogP contribution is -2.28. The van der Waals surface area contributed by atoms with Crippen LogP contribution in [0.3, 0.4) is 0 Å². The van der Waals surface area contributed by atoms with E-state index in [1.807, 2.05) is 31.2 Å². The van der Waals surface area contributed by atoms with Crippen LogP contribution in [0.1, 0.15) is 41.9 Å². The number of hydrogen-bond acceptors (Lipinski definition) is 4. The maximum atomic E-state index is 12.2. The number of anilines is 1. The lowest BCUT2D eigenvalue weighted by molar-refractivity contribution is -0.117. The molecule has 3 rings (SSSR count). The third-order valence-corrected chi connectivity index (χ3v) is 4.10. The first kappa shape index (κ1) is 16.0. The number of rotatable bonds is 4. The van der Waals surface area contributed by atoms with Crippen molar-refractivity contribution in [3.8, 4) is 5.75 Å². The van der Waals surface area contributed by atoms with E-state index in [1.165, 1.54) is 12.3 Å². The zero-order valence-corrected chi connectivity index (χ0v) is 13.4. The molecule has 0 aliphatic carbocycles. The molecule has 0 spiro atoms. The summed E-state index contributed by atoms with van der Waals surface area (Å²) < 4.78 is 0. The number of pyridine rings is 1. The van der Waals surface area contributed by atoms with Gasteiger partial charge >= 0.3 is 0 Å². The molecule has 1 saturated heterocycles. The molecule has 0 radical (unpaired) electrons. The fourth-order valence-corrected chi connectivity index (χ4v) is 2.80. The first-order valence-electron chi connectivity index (χ1n) is 7.91. The Morgan fingerprint density at radius 2 is 2.17 bits per heavy atom. The van der Waals surface area contributed by atoms with Crippen LogP contribution in [0.4, 0.5) is 5.69 Å². The lowest BCUT2D eigenvalue weighted by atomic mass is 10.1. The highest BCUT2D eigenvalue weighted by Gasteiger charge is 2.22. The Bertz CT molecular complexity index is 776. The fourth-order valence-electron chi connectivity index (χ4n) is 2.80. The average molecular weight is 325 g/mol. The quantitative estimate of drug-likeness (QED) is 0.904. The second kappa shape index (κ2) is 6.70. The number of aromatic hydroxyl groups is 1. The third-order valence-electron chi connectivity index (χ3n) is 4.10. The molecular weight excluding hydrogens is 306 g/mol. The highest BCUT2D eigenvalue weighted by Crippen LogP contribution is 2.25. The van der Waals surface area contributed by atoms with Crippen LogP contribution in [0.2, 0.25) is 0 Å². The van der Waals surface area contributed by atoms with Crippen molar-refractivity contribution in [1.29, 1.82) is 0 Å². The molecule has 1 atom stereocenters. The van der Waals surface area contributed by atoms with Crippen molar-refractivity contribution in [2.24, 2.45) is 0 Å². The molecular formula is C18H19N3O3. The van der Waals surface area contributed by atoms with Gasteiger partial charge in [-0.25, -0.2) is 4.98 Å². The molecule has 1 aliphatic heterocycles. The minimum Gasteiger partial charge on any atom is -0.505 e. The SMILES string of the molecule is CC(NC(=O)c1ncccc1O)c1cccc(N2CCCC2=O)c1. The number of nitrogens with zero attached hydrogens (tertiary/aromatic N) is 2. The van der Waals surface area contributed by atoms with E-state index >= 15 is 0 Å². The van der Waals surface area contributed by atoms with Gasteiger partial charge in [-0.15, -0.1) is 0 Å². The van der Waals surface area contributed by atoms with Crippen molar-refractivity contribution in [2.75, 3.05) is 11.4 Å². The van der Waals surface area contributed by atoms with Gasteiger partial charge in [-0.3, -0.25) is 9.59 Å². The van der Waals surface area contributed by atoms with Crippen molar-refractivity contribution in [3.05, 3.63) is 53.9 Å². The van der Waals surface area contributed by atoms with Crippen LogP contribution in [0, 0.1) is 0 Å². The number of amides is 2. The molecule has 1 aliphatic rings. The normalized spacial score (nSPS) is 15.4. The smallest absolute Gasteiger partial charge is 0.274 e. The Labute approximate surface area is 140 Å². The molecule has 1 unspecified atom stereocenters. The van der Waals surface area contributed by atoms with Gasteiger partial charge in [-0.1, -0.05) is 12.1 Å². The molecule has 6 heteroatoms. The lowest BCUT2D eigenvalue weighted by Gasteiger charge is -2.19. The van der Waals surface area contributed by atoms with E-state index in [4.69, 9.17) is 0 Å². The second-order valence-corrected chi connectivity index (χ2v) is 5.81. The molecule has 1 aromatic heterocycles. The van der Waals surface area contributed by atoms with E-state index in [0.29, 0.717) is 6.42 Å². The maximum absolute atomic E-state index is 12.2. The molecule has 2 N–H and O–H groups in total. The largest absolute Gasteiger partial charge is 0.505 e. The first-order valence-corrected chi connectivity index (χ1v) is 7.91. The molecule has 1 aromatic carbocycles. The molecule has 0 bridgehead atoms. The molecule has 2 amide bonds. The van der Waals surface area contributed by atoms with Crippen LogP contribution < -0.4 is 10.2 Å². The number of nitrogens with one attached hydrogen (secondary N) is 1. The Morgan fingerprint density at radius 1 is 1.33 bits per heavy atom. The van der Waals surface area contributed by atoms with Crippen molar-refractivity contribution < 1.29 is 14.7 Å². The topological polar surface area (TPSA) is 82.5 Å². The van der Waals surface area contributed by atoms with Crippen molar-refractivity contribution in [1.82, 2.24) is 10.3 Å². The van der Waals surface area contributed by atoms with E-state index in [2.05, 4.69) is 10.3 Å². The number of benzene rings is 1. The summed E-state index contributed by atoms with van der Waals surface area (Å²) in [7, 11) is 0. The summed E-state index contributed by atoms with van der Waals surface area (Å²) in [5.74, 6) is -0.468. The standard InChI is InChI=1S/C18H19N3O3/c1-12(20-18(24)17-15(22)7-3-9-19-17)13-5-2-6-14(11-13)21-10-4-8-16(21)23/h2-3,5-7,9,11-12,22H,4,8,10H2,1H3,(H,20,24). The summed E-state index contributed by atoms with van der Waals surface area (Å²) in [6.07, 6.45) is 2.91. The average Bonchev–Trinajstić information content (AvgIpc) is 3.01. The van der Waals surface area contributed by atoms with Gasteiger partial charge in [0.25, 0.3) is 5.91 Å². The van der Waals surface area contributed by atoms with Gasteiger partial charge in [0.1, 0.15) is 5.75 Å². The summed E-state index contributed by atoms with van der Waals surface area (Å²) in [5.41, 5.74) is 1.72. The van der Waals surface area contributed by atoms with Gasteiger partial charge in [0.15, 0.2) is 5.69 Å². The van der Waals surface area contributed by atoms with Crippen LogP contribution in [0.5, 0.6) is 5.75 Å². The van der Waals surface area contributed by atoms with Crippen LogP contribution in [-0.4, -0.2) is 28.4 Å². The van der Waals surface area contributed by atoms with Crippen LogP contribution in [0.25, 0.3) is 0 Å². The number of carbonyl (C=O) groups excluding carboxylic acids is 2. The maximum Gasteiger partial charge on any atom is 0.274 e. The molecule has 1 fully saturated rings. The molecule has 24 heavy (non-hydrogen) atoms. The monoisotopic (exact) mass is 325 g/mol.